The van der Waals surface area contributed by atoms with Crippen LogP contribution in [0.4, 0.5) is 5.69 Å². The predicted octanol–water partition coefficient (Wildman–Crippen LogP) is 5.76. The Morgan fingerprint density at radius 2 is 1.94 bits per heavy atom. The number of hydrogen-bond acceptors (Lipinski definition) is 6. The Morgan fingerprint density at radius 1 is 1.13 bits per heavy atom. The summed E-state index contributed by atoms with van der Waals surface area (Å²) in [6.45, 7) is 15.1. The molecule has 0 spiro atoms. The second-order valence-corrected chi connectivity index (χ2v) is 8.33. The molecule has 3 rings (SSSR count). The first-order chi connectivity index (χ1) is 15.0. The van der Waals surface area contributed by atoms with Gasteiger partial charge in [-0.05, 0) is 76.2 Å². The van der Waals surface area contributed by atoms with Crippen molar-refractivity contribution >= 4 is 17.0 Å². The molecule has 7 heteroatoms. The van der Waals surface area contributed by atoms with Gasteiger partial charge in [0, 0.05) is 11.1 Å². The fourth-order valence-electron chi connectivity index (χ4n) is 3.14. The van der Waals surface area contributed by atoms with Crippen LogP contribution >= 0.6 is 11.3 Å². The Bertz CT molecular complexity index is 1060. The normalized spacial score (nSPS) is 10.8. The lowest BCUT2D eigenvalue weighted by Crippen LogP contribution is -2.11. The fraction of sp³-hybridized carbons (Fsp3) is 0.375. The SMILES string of the molecule is [C-]#[N+]c1cc(-c2nnc(-c3ccc(OCCCNC)cc3CC)s2)ccc1OC(C)C. The molecule has 1 aromatic heterocycles. The Kier molecular flexibility index (Phi) is 7.99. The van der Waals surface area contributed by atoms with Gasteiger partial charge < -0.3 is 14.8 Å². The maximum atomic E-state index is 7.47. The van der Waals surface area contributed by atoms with E-state index in [0.717, 1.165) is 46.3 Å². The van der Waals surface area contributed by atoms with Crippen molar-refractivity contribution in [1.29, 1.82) is 0 Å². The third-order valence-corrected chi connectivity index (χ3v) is 5.65. The number of ether oxygens (including phenoxy) is 2. The maximum Gasteiger partial charge on any atom is 0.228 e. The molecule has 0 fully saturated rings. The van der Waals surface area contributed by atoms with E-state index in [-0.39, 0.29) is 6.10 Å². The van der Waals surface area contributed by atoms with Crippen LogP contribution in [0.2, 0.25) is 0 Å². The second kappa shape index (κ2) is 10.9. The van der Waals surface area contributed by atoms with Crippen LogP contribution in [0.1, 0.15) is 32.8 Å². The highest BCUT2D eigenvalue weighted by Gasteiger charge is 2.15. The summed E-state index contributed by atoms with van der Waals surface area (Å²) >= 11 is 1.52. The summed E-state index contributed by atoms with van der Waals surface area (Å²) in [5.74, 6) is 1.47. The third kappa shape index (κ3) is 5.81. The fourth-order valence-corrected chi connectivity index (χ4v) is 4.04. The highest BCUT2D eigenvalue weighted by atomic mass is 32.1. The van der Waals surface area contributed by atoms with Crippen molar-refractivity contribution < 1.29 is 9.47 Å². The maximum absolute atomic E-state index is 7.47. The predicted molar refractivity (Wildman–Crippen MR) is 126 cm³/mol. The summed E-state index contributed by atoms with van der Waals surface area (Å²) in [6, 6.07) is 11.7. The molecule has 0 bridgehead atoms. The standard InChI is InChI=1S/C24H28N4O2S/c1-6-17-14-19(29-13-7-12-25-4)9-10-20(17)24-28-27-23(31-24)18-8-11-22(30-16(2)3)21(15-18)26-5/h8-11,14-16,25H,6-7,12-13H2,1-4H3. The number of aryl methyl sites for hydroxylation is 1. The van der Waals surface area contributed by atoms with Gasteiger partial charge in [-0.25, -0.2) is 4.85 Å². The van der Waals surface area contributed by atoms with E-state index in [9.17, 15) is 0 Å². The largest absolute Gasteiger partial charge is 0.502 e. The van der Waals surface area contributed by atoms with Gasteiger partial charge in [0.25, 0.3) is 0 Å². The Hall–Kier alpha value is -2.95. The quantitative estimate of drug-likeness (QED) is 0.323. The molecular formula is C24H28N4O2S. The van der Waals surface area contributed by atoms with Crippen LogP contribution in [-0.4, -0.2) is 36.5 Å². The zero-order valence-corrected chi connectivity index (χ0v) is 19.3. The van der Waals surface area contributed by atoms with E-state index < -0.39 is 0 Å². The van der Waals surface area contributed by atoms with E-state index >= 15 is 0 Å². The zero-order valence-electron chi connectivity index (χ0n) is 18.4. The highest BCUT2D eigenvalue weighted by molar-refractivity contribution is 7.17. The number of hydrogen-bond donors (Lipinski definition) is 1. The number of nitrogens with zero attached hydrogens (tertiary/aromatic N) is 3. The molecule has 0 radical (unpaired) electrons. The molecule has 0 aliphatic carbocycles. The highest BCUT2D eigenvalue weighted by Crippen LogP contribution is 2.37. The monoisotopic (exact) mass is 436 g/mol. The lowest BCUT2D eigenvalue weighted by atomic mass is 10.1. The Morgan fingerprint density at radius 3 is 2.65 bits per heavy atom. The molecular weight excluding hydrogens is 408 g/mol. The molecule has 0 aliphatic rings. The molecule has 162 valence electrons. The lowest BCUT2D eigenvalue weighted by Gasteiger charge is -2.11. The summed E-state index contributed by atoms with van der Waals surface area (Å²) in [5, 5.41) is 13.6. The van der Waals surface area contributed by atoms with Gasteiger partial charge >= 0.3 is 0 Å². The van der Waals surface area contributed by atoms with Crippen molar-refractivity contribution in [2.45, 2.75) is 39.7 Å². The number of rotatable bonds is 10. The van der Waals surface area contributed by atoms with Gasteiger partial charge in [0.1, 0.15) is 21.5 Å². The van der Waals surface area contributed by atoms with Gasteiger partial charge in [-0.15, -0.1) is 10.2 Å². The van der Waals surface area contributed by atoms with E-state index in [1.54, 1.807) is 0 Å². The van der Waals surface area contributed by atoms with Crippen LogP contribution in [-0.2, 0) is 6.42 Å². The molecule has 6 nitrogen and oxygen atoms in total. The van der Waals surface area contributed by atoms with Crippen molar-refractivity contribution in [3.05, 3.63) is 53.4 Å². The molecule has 0 unspecified atom stereocenters. The molecule has 0 saturated heterocycles. The van der Waals surface area contributed by atoms with Crippen LogP contribution in [0.3, 0.4) is 0 Å². The summed E-state index contributed by atoms with van der Waals surface area (Å²) < 4.78 is 11.6. The van der Waals surface area contributed by atoms with Crippen molar-refractivity contribution in [3.63, 3.8) is 0 Å². The number of benzene rings is 2. The molecule has 1 N–H and O–H groups in total. The molecule has 0 atom stereocenters. The summed E-state index contributed by atoms with van der Waals surface area (Å²) in [6.07, 6.45) is 1.86. The van der Waals surface area contributed by atoms with E-state index in [2.05, 4.69) is 39.4 Å². The van der Waals surface area contributed by atoms with Gasteiger partial charge in [0.2, 0.25) is 5.69 Å². The average molecular weight is 437 g/mol. The van der Waals surface area contributed by atoms with Crippen LogP contribution in [0.25, 0.3) is 26.0 Å². The van der Waals surface area contributed by atoms with Gasteiger partial charge in [-0.3, -0.25) is 0 Å². The van der Waals surface area contributed by atoms with Crippen molar-refractivity contribution in [1.82, 2.24) is 15.5 Å². The van der Waals surface area contributed by atoms with E-state index in [4.69, 9.17) is 16.0 Å². The molecule has 1 heterocycles. The summed E-state index contributed by atoms with van der Waals surface area (Å²) in [5.41, 5.74) is 3.60. The number of nitrogens with one attached hydrogen (secondary N) is 1. The number of aromatic nitrogens is 2. The minimum Gasteiger partial charge on any atom is -0.502 e. The van der Waals surface area contributed by atoms with Gasteiger partial charge in [-0.2, -0.15) is 0 Å². The van der Waals surface area contributed by atoms with E-state index in [0.29, 0.717) is 18.0 Å². The first kappa shape index (κ1) is 22.7. The topological polar surface area (TPSA) is 60.6 Å². The average Bonchev–Trinajstić information content (AvgIpc) is 3.26. The second-order valence-electron chi connectivity index (χ2n) is 7.35. The smallest absolute Gasteiger partial charge is 0.228 e. The summed E-state index contributed by atoms with van der Waals surface area (Å²) in [4.78, 5) is 3.61. The third-order valence-electron chi connectivity index (χ3n) is 4.64. The molecule has 2 aromatic carbocycles. The Labute approximate surface area is 188 Å². The van der Waals surface area contributed by atoms with Crippen molar-refractivity contribution in [2.75, 3.05) is 20.2 Å². The van der Waals surface area contributed by atoms with Crippen LogP contribution < -0.4 is 14.8 Å². The van der Waals surface area contributed by atoms with Crippen molar-refractivity contribution in [3.8, 4) is 32.6 Å². The lowest BCUT2D eigenvalue weighted by molar-refractivity contribution is 0.244. The molecule has 3 aromatic rings. The zero-order chi connectivity index (χ0) is 22.2. The van der Waals surface area contributed by atoms with E-state index in [1.165, 1.54) is 16.9 Å². The summed E-state index contributed by atoms with van der Waals surface area (Å²) in [7, 11) is 1.94. The Balaban J connectivity index is 1.82. The van der Waals surface area contributed by atoms with Crippen molar-refractivity contribution in [2.24, 2.45) is 0 Å². The van der Waals surface area contributed by atoms with Crippen LogP contribution in [0.15, 0.2) is 36.4 Å². The first-order valence-corrected chi connectivity index (χ1v) is 11.3. The minimum atomic E-state index is 0.0159. The van der Waals surface area contributed by atoms with Gasteiger partial charge in [0.05, 0.1) is 19.3 Å². The first-order valence-electron chi connectivity index (χ1n) is 10.5. The van der Waals surface area contributed by atoms with E-state index in [1.807, 2.05) is 45.2 Å². The van der Waals surface area contributed by atoms with Crippen LogP contribution in [0, 0.1) is 6.57 Å². The molecule has 0 amide bonds. The van der Waals surface area contributed by atoms with Gasteiger partial charge in [-0.1, -0.05) is 24.3 Å². The van der Waals surface area contributed by atoms with Crippen LogP contribution in [0.5, 0.6) is 11.5 Å². The molecule has 0 saturated carbocycles. The minimum absolute atomic E-state index is 0.0159. The van der Waals surface area contributed by atoms with Gasteiger partial charge in [0.15, 0.2) is 0 Å². The molecule has 0 aliphatic heterocycles. The molecule has 31 heavy (non-hydrogen) atoms.